The maximum Gasteiger partial charge on any atom is 0.364 e. The molecule has 0 saturated heterocycles. The number of hydrogen-bond donors (Lipinski definition) is 1. The van der Waals surface area contributed by atoms with Crippen LogP contribution >= 0.6 is 0 Å². The first-order valence-electron chi connectivity index (χ1n) is 14.6. The third kappa shape index (κ3) is 9.34. The van der Waals surface area contributed by atoms with Gasteiger partial charge in [-0.1, -0.05) is 78.1 Å². The highest BCUT2D eigenvalue weighted by Gasteiger charge is 2.23. The number of benzene rings is 1. The molecule has 210 valence electrons. The molecule has 0 radical (unpaired) electrons. The van der Waals surface area contributed by atoms with Crippen molar-refractivity contribution in [1.82, 2.24) is 14.7 Å². The van der Waals surface area contributed by atoms with Gasteiger partial charge in [0.2, 0.25) is 0 Å². The molecule has 3 aromatic rings. The van der Waals surface area contributed by atoms with Crippen molar-refractivity contribution in [2.45, 2.75) is 104 Å². The summed E-state index contributed by atoms with van der Waals surface area (Å²) in [5.74, 6) is -1.40. The van der Waals surface area contributed by atoms with E-state index >= 15 is 0 Å². The lowest BCUT2D eigenvalue weighted by atomic mass is 9.91. The lowest BCUT2D eigenvalue weighted by molar-refractivity contribution is 0.0459. The van der Waals surface area contributed by atoms with E-state index in [4.69, 9.17) is 4.84 Å². The van der Waals surface area contributed by atoms with Gasteiger partial charge in [0, 0.05) is 24.2 Å². The van der Waals surface area contributed by atoms with E-state index in [1.807, 2.05) is 0 Å². The molecule has 0 aliphatic rings. The summed E-state index contributed by atoms with van der Waals surface area (Å²) in [6, 6.07) is 7.00. The van der Waals surface area contributed by atoms with E-state index in [0.29, 0.717) is 5.82 Å². The number of unbranched alkanes of at least 4 members (excludes halogenated alkanes) is 10. The van der Waals surface area contributed by atoms with Crippen LogP contribution in [0.3, 0.4) is 0 Å². The molecule has 3 rings (SSSR count). The van der Waals surface area contributed by atoms with Crippen molar-refractivity contribution in [3.63, 3.8) is 0 Å². The predicted octanol–water partition coefficient (Wildman–Crippen LogP) is 7.72. The van der Waals surface area contributed by atoms with Gasteiger partial charge in [-0.15, -0.1) is 0 Å². The Morgan fingerprint density at radius 3 is 1.87 bits per heavy atom. The predicted molar refractivity (Wildman–Crippen MR) is 154 cm³/mol. The van der Waals surface area contributed by atoms with Crippen molar-refractivity contribution >= 4 is 11.9 Å². The number of imidazole rings is 1. The van der Waals surface area contributed by atoms with Crippen LogP contribution in [0.2, 0.25) is 0 Å². The monoisotopic (exact) mass is 533 g/mol. The van der Waals surface area contributed by atoms with Crippen LogP contribution < -0.4 is 4.84 Å². The van der Waals surface area contributed by atoms with E-state index in [-0.39, 0.29) is 11.1 Å². The fourth-order valence-electron chi connectivity index (χ4n) is 4.90. The van der Waals surface area contributed by atoms with Gasteiger partial charge in [0.25, 0.3) is 0 Å². The Bertz CT molecular complexity index is 1170. The average Bonchev–Trinajstić information content (AvgIpc) is 3.41. The summed E-state index contributed by atoms with van der Waals surface area (Å²) in [6.07, 6.45) is 22.1. The molecule has 7 nitrogen and oxygen atoms in total. The molecule has 0 atom stereocenters. The van der Waals surface area contributed by atoms with Gasteiger partial charge >= 0.3 is 11.9 Å². The molecular formula is C32H43N3O4. The van der Waals surface area contributed by atoms with Crippen molar-refractivity contribution in [1.29, 1.82) is 0 Å². The summed E-state index contributed by atoms with van der Waals surface area (Å²) in [7, 11) is 0. The highest BCUT2D eigenvalue weighted by atomic mass is 16.7. The zero-order valence-corrected chi connectivity index (χ0v) is 23.5. The molecule has 0 aliphatic carbocycles. The number of hydrogen-bond acceptors (Lipinski definition) is 5. The first-order valence-corrected chi connectivity index (χ1v) is 14.6. The van der Waals surface area contributed by atoms with Gasteiger partial charge < -0.3 is 9.94 Å². The number of carboxylic acids is 1. The maximum atomic E-state index is 13.3. The van der Waals surface area contributed by atoms with Crippen LogP contribution in [-0.4, -0.2) is 31.7 Å². The number of aromatic carboxylic acids is 1. The molecule has 0 aliphatic heterocycles. The van der Waals surface area contributed by atoms with Gasteiger partial charge in [0.1, 0.15) is 0 Å². The molecule has 0 fully saturated rings. The summed E-state index contributed by atoms with van der Waals surface area (Å²) in [4.78, 5) is 39.6. The van der Waals surface area contributed by atoms with Crippen LogP contribution in [0, 0.1) is 0 Å². The number of carboxylic acid groups (broad SMARTS) is 1. The van der Waals surface area contributed by atoms with Crippen molar-refractivity contribution < 1.29 is 19.5 Å². The summed E-state index contributed by atoms with van der Waals surface area (Å²) in [5, 5.41) is 10.0. The highest BCUT2D eigenvalue weighted by molar-refractivity contribution is 6.03. The molecule has 0 saturated carbocycles. The number of carbonyl (C=O) groups excluding carboxylic acids is 1. The Hall–Kier alpha value is -3.48. The minimum atomic E-state index is -1.13. The van der Waals surface area contributed by atoms with Gasteiger partial charge in [-0.05, 0) is 61.1 Å². The van der Waals surface area contributed by atoms with Crippen molar-refractivity contribution in [2.24, 2.45) is 0 Å². The maximum absolute atomic E-state index is 13.3. The van der Waals surface area contributed by atoms with E-state index in [9.17, 15) is 14.7 Å². The quantitative estimate of drug-likeness (QED) is 0.168. The SMILES string of the molecule is CCCCCCCCc1cc(C(=O)O)c(C(=O)On2ccnc2-c2ccncc2)cc1CCCCCCCC. The molecule has 0 bridgehead atoms. The Kier molecular flexibility index (Phi) is 12.7. The topological polar surface area (TPSA) is 94.3 Å². The smallest absolute Gasteiger partial charge is 0.364 e. The number of pyridine rings is 1. The normalized spacial score (nSPS) is 11.0. The van der Waals surface area contributed by atoms with E-state index in [1.54, 1.807) is 36.7 Å². The van der Waals surface area contributed by atoms with Crippen LogP contribution in [0.5, 0.6) is 0 Å². The molecule has 1 aromatic carbocycles. The van der Waals surface area contributed by atoms with Gasteiger partial charge in [0.05, 0.1) is 17.3 Å². The molecule has 2 aromatic heterocycles. The Labute approximate surface area is 232 Å². The molecule has 0 amide bonds. The second-order valence-electron chi connectivity index (χ2n) is 10.2. The number of nitrogens with zero attached hydrogens (tertiary/aromatic N) is 3. The lowest BCUT2D eigenvalue weighted by Crippen LogP contribution is -2.23. The number of aromatic nitrogens is 3. The highest BCUT2D eigenvalue weighted by Crippen LogP contribution is 2.24. The van der Waals surface area contributed by atoms with Crippen LogP contribution in [0.15, 0.2) is 49.1 Å². The largest absolute Gasteiger partial charge is 0.478 e. The van der Waals surface area contributed by atoms with Gasteiger partial charge in [-0.25, -0.2) is 14.6 Å². The Morgan fingerprint density at radius 1 is 0.769 bits per heavy atom. The molecule has 0 unspecified atom stereocenters. The standard InChI is InChI=1S/C32H43N3O4/c1-3-5-7-9-11-13-15-26-23-28(31(36)37)29(24-27(26)16-14-12-10-8-6-4-2)32(38)39-35-22-21-34-30(35)25-17-19-33-20-18-25/h17-24H,3-16H2,1-2H3,(H,36,37). The zero-order valence-electron chi connectivity index (χ0n) is 23.5. The van der Waals surface area contributed by atoms with Crippen molar-refractivity contribution in [2.75, 3.05) is 0 Å². The Morgan fingerprint density at radius 2 is 1.31 bits per heavy atom. The zero-order chi connectivity index (χ0) is 27.9. The molecule has 2 heterocycles. The second-order valence-corrected chi connectivity index (χ2v) is 10.2. The Balaban J connectivity index is 1.81. The molecular weight excluding hydrogens is 490 g/mol. The fourth-order valence-corrected chi connectivity index (χ4v) is 4.90. The second kappa shape index (κ2) is 16.5. The average molecular weight is 534 g/mol. The minimum Gasteiger partial charge on any atom is -0.478 e. The van der Waals surface area contributed by atoms with E-state index in [2.05, 4.69) is 23.8 Å². The summed E-state index contributed by atoms with van der Waals surface area (Å²) >= 11 is 0. The van der Waals surface area contributed by atoms with E-state index < -0.39 is 11.9 Å². The summed E-state index contributed by atoms with van der Waals surface area (Å²) in [5.41, 5.74) is 2.88. The van der Waals surface area contributed by atoms with Crippen LogP contribution in [0.1, 0.15) is 123 Å². The third-order valence-electron chi connectivity index (χ3n) is 7.12. The minimum absolute atomic E-state index is 0.0155. The molecule has 7 heteroatoms. The van der Waals surface area contributed by atoms with E-state index in [0.717, 1.165) is 55.2 Å². The number of rotatable bonds is 18. The lowest BCUT2D eigenvalue weighted by Gasteiger charge is -2.15. The molecule has 0 spiro atoms. The van der Waals surface area contributed by atoms with E-state index in [1.165, 1.54) is 68.5 Å². The van der Waals surface area contributed by atoms with Crippen LogP contribution in [0.25, 0.3) is 11.4 Å². The molecule has 39 heavy (non-hydrogen) atoms. The molecule has 1 N–H and O–H groups in total. The first kappa shape index (κ1) is 30.1. The number of aryl methyl sites for hydroxylation is 2. The van der Waals surface area contributed by atoms with Crippen molar-refractivity contribution in [3.8, 4) is 11.4 Å². The fraction of sp³-hybridized carbons (Fsp3) is 0.500. The third-order valence-corrected chi connectivity index (χ3v) is 7.12. The van der Waals surface area contributed by atoms with Gasteiger partial charge in [-0.2, -0.15) is 4.73 Å². The summed E-state index contributed by atoms with van der Waals surface area (Å²) < 4.78 is 1.28. The van der Waals surface area contributed by atoms with Crippen molar-refractivity contribution in [3.05, 3.63) is 71.3 Å². The van der Waals surface area contributed by atoms with Gasteiger partial charge in [0.15, 0.2) is 5.82 Å². The van der Waals surface area contributed by atoms with Crippen LogP contribution in [-0.2, 0) is 12.8 Å². The van der Waals surface area contributed by atoms with Crippen LogP contribution in [0.4, 0.5) is 0 Å². The van der Waals surface area contributed by atoms with Gasteiger partial charge in [-0.3, -0.25) is 4.98 Å². The summed E-state index contributed by atoms with van der Waals surface area (Å²) in [6.45, 7) is 4.42. The number of carbonyl (C=O) groups is 2. The first-order chi connectivity index (χ1) is 19.0.